The average Bonchev–Trinajstić information content (AvgIpc) is 2.40. The van der Waals surface area contributed by atoms with Gasteiger partial charge in [-0.3, -0.25) is 4.98 Å². The molecule has 2 rings (SSSR count). The Morgan fingerprint density at radius 1 is 1.44 bits per heavy atom. The third kappa shape index (κ3) is 3.85. The van der Waals surface area contributed by atoms with E-state index >= 15 is 0 Å². The molecule has 0 saturated carbocycles. The lowest BCUT2D eigenvalue weighted by atomic mass is 10.3. The standard InChI is InChI=1S/C13H22N4S/c1-3-4-14-7-12-8-16-13(9-15-12)17-5-6-18-11(2)10-17/h8-9,11,14H,3-7,10H2,1-2H3. The first-order valence-electron chi connectivity index (χ1n) is 6.67. The molecule has 4 nitrogen and oxygen atoms in total. The van der Waals surface area contributed by atoms with Gasteiger partial charge in [0.1, 0.15) is 5.82 Å². The van der Waals surface area contributed by atoms with E-state index < -0.39 is 0 Å². The number of anilines is 1. The van der Waals surface area contributed by atoms with Crippen molar-refractivity contribution in [3.63, 3.8) is 0 Å². The highest BCUT2D eigenvalue weighted by molar-refractivity contribution is 8.00. The van der Waals surface area contributed by atoms with Gasteiger partial charge in [0, 0.05) is 30.6 Å². The SMILES string of the molecule is CCCNCc1cnc(N2CCSC(C)C2)cn1. The van der Waals surface area contributed by atoms with E-state index in [1.807, 2.05) is 24.2 Å². The van der Waals surface area contributed by atoms with Crippen LogP contribution in [0.5, 0.6) is 0 Å². The molecule has 0 aliphatic carbocycles. The molecule has 1 aliphatic heterocycles. The Hall–Kier alpha value is -0.810. The molecule has 2 heterocycles. The molecule has 0 amide bonds. The van der Waals surface area contributed by atoms with Crippen molar-refractivity contribution in [1.29, 1.82) is 0 Å². The van der Waals surface area contributed by atoms with Gasteiger partial charge in [-0.1, -0.05) is 13.8 Å². The summed E-state index contributed by atoms with van der Waals surface area (Å²) in [6.07, 6.45) is 4.95. The summed E-state index contributed by atoms with van der Waals surface area (Å²) in [5.41, 5.74) is 1.02. The molecule has 1 atom stereocenters. The summed E-state index contributed by atoms with van der Waals surface area (Å²) in [6.45, 7) is 8.44. The van der Waals surface area contributed by atoms with Crippen molar-refractivity contribution in [2.45, 2.75) is 32.1 Å². The maximum absolute atomic E-state index is 4.53. The number of nitrogens with zero attached hydrogens (tertiary/aromatic N) is 3. The molecule has 1 fully saturated rings. The summed E-state index contributed by atoms with van der Waals surface area (Å²) >= 11 is 2.03. The van der Waals surface area contributed by atoms with Crippen LogP contribution in [0.3, 0.4) is 0 Å². The second kappa shape index (κ2) is 6.95. The Morgan fingerprint density at radius 2 is 2.33 bits per heavy atom. The summed E-state index contributed by atoms with van der Waals surface area (Å²) in [6, 6.07) is 0. The topological polar surface area (TPSA) is 41.1 Å². The molecule has 1 N–H and O–H groups in total. The minimum atomic E-state index is 0.687. The molecule has 1 aromatic heterocycles. The summed E-state index contributed by atoms with van der Waals surface area (Å²) in [5, 5.41) is 4.02. The van der Waals surface area contributed by atoms with Gasteiger partial charge in [0.15, 0.2) is 0 Å². The summed E-state index contributed by atoms with van der Waals surface area (Å²) in [4.78, 5) is 11.3. The highest BCUT2D eigenvalue weighted by Gasteiger charge is 2.17. The van der Waals surface area contributed by atoms with E-state index in [0.717, 1.165) is 44.1 Å². The zero-order chi connectivity index (χ0) is 12.8. The van der Waals surface area contributed by atoms with Gasteiger partial charge in [-0.05, 0) is 13.0 Å². The van der Waals surface area contributed by atoms with Gasteiger partial charge >= 0.3 is 0 Å². The fraction of sp³-hybridized carbons (Fsp3) is 0.692. The van der Waals surface area contributed by atoms with Gasteiger partial charge in [-0.25, -0.2) is 4.98 Å². The van der Waals surface area contributed by atoms with Crippen LogP contribution in [-0.2, 0) is 6.54 Å². The molecule has 0 radical (unpaired) electrons. The minimum Gasteiger partial charge on any atom is -0.353 e. The Bertz CT molecular complexity index is 355. The lowest BCUT2D eigenvalue weighted by Crippen LogP contribution is -2.37. The number of nitrogens with one attached hydrogen (secondary N) is 1. The van der Waals surface area contributed by atoms with Crippen LogP contribution in [0.15, 0.2) is 12.4 Å². The zero-order valence-corrected chi connectivity index (χ0v) is 12.0. The third-order valence-corrected chi connectivity index (χ3v) is 4.13. The van der Waals surface area contributed by atoms with Crippen LogP contribution in [0.1, 0.15) is 26.0 Å². The Kier molecular flexibility index (Phi) is 5.26. The summed E-state index contributed by atoms with van der Waals surface area (Å²) in [7, 11) is 0. The highest BCUT2D eigenvalue weighted by Crippen LogP contribution is 2.21. The summed E-state index contributed by atoms with van der Waals surface area (Å²) in [5.74, 6) is 2.20. The van der Waals surface area contributed by atoms with Crippen molar-refractivity contribution in [2.24, 2.45) is 0 Å². The van der Waals surface area contributed by atoms with Crippen LogP contribution < -0.4 is 10.2 Å². The van der Waals surface area contributed by atoms with Gasteiger partial charge in [0.05, 0.1) is 18.1 Å². The van der Waals surface area contributed by atoms with Crippen LogP contribution in [0.4, 0.5) is 5.82 Å². The van der Waals surface area contributed by atoms with E-state index in [0.29, 0.717) is 5.25 Å². The second-order valence-corrected chi connectivity index (χ2v) is 6.22. The van der Waals surface area contributed by atoms with Crippen molar-refractivity contribution >= 4 is 17.6 Å². The van der Waals surface area contributed by atoms with Crippen LogP contribution in [0, 0.1) is 0 Å². The zero-order valence-electron chi connectivity index (χ0n) is 11.2. The number of aromatic nitrogens is 2. The number of rotatable bonds is 5. The largest absolute Gasteiger partial charge is 0.353 e. The van der Waals surface area contributed by atoms with Gasteiger partial charge in [-0.2, -0.15) is 11.8 Å². The average molecular weight is 266 g/mol. The number of hydrogen-bond donors (Lipinski definition) is 1. The maximum Gasteiger partial charge on any atom is 0.147 e. The lowest BCUT2D eigenvalue weighted by molar-refractivity contribution is 0.660. The van der Waals surface area contributed by atoms with E-state index in [9.17, 15) is 0 Å². The monoisotopic (exact) mass is 266 g/mol. The van der Waals surface area contributed by atoms with Crippen molar-refractivity contribution < 1.29 is 0 Å². The Morgan fingerprint density at radius 3 is 3.00 bits per heavy atom. The Labute approximate surface area is 114 Å². The van der Waals surface area contributed by atoms with Gasteiger partial charge in [0.2, 0.25) is 0 Å². The van der Waals surface area contributed by atoms with Gasteiger partial charge < -0.3 is 10.2 Å². The first-order chi connectivity index (χ1) is 8.79. The predicted octanol–water partition coefficient (Wildman–Crippen LogP) is 1.92. The van der Waals surface area contributed by atoms with Crippen LogP contribution in [0.25, 0.3) is 0 Å². The lowest BCUT2D eigenvalue weighted by Gasteiger charge is -2.31. The smallest absolute Gasteiger partial charge is 0.147 e. The molecule has 100 valence electrons. The van der Waals surface area contributed by atoms with Gasteiger partial charge in [-0.15, -0.1) is 0 Å². The molecule has 1 aliphatic rings. The fourth-order valence-corrected chi connectivity index (χ4v) is 3.04. The second-order valence-electron chi connectivity index (χ2n) is 4.67. The van der Waals surface area contributed by atoms with Crippen LogP contribution >= 0.6 is 11.8 Å². The van der Waals surface area contributed by atoms with Gasteiger partial charge in [0.25, 0.3) is 0 Å². The maximum atomic E-state index is 4.53. The van der Waals surface area contributed by atoms with E-state index in [1.165, 1.54) is 5.75 Å². The van der Waals surface area contributed by atoms with Crippen LogP contribution in [0.2, 0.25) is 0 Å². The van der Waals surface area contributed by atoms with Crippen molar-refractivity contribution in [3.05, 3.63) is 18.1 Å². The molecule has 0 spiro atoms. The molecular weight excluding hydrogens is 244 g/mol. The van der Waals surface area contributed by atoms with Crippen molar-refractivity contribution in [2.75, 3.05) is 30.3 Å². The molecule has 1 saturated heterocycles. The number of thioether (sulfide) groups is 1. The molecular formula is C13H22N4S. The van der Waals surface area contributed by atoms with Crippen molar-refractivity contribution in [1.82, 2.24) is 15.3 Å². The van der Waals surface area contributed by atoms with Crippen molar-refractivity contribution in [3.8, 4) is 0 Å². The molecule has 1 aromatic rings. The molecule has 0 aromatic carbocycles. The Balaban J connectivity index is 1.90. The molecule has 1 unspecified atom stereocenters. The summed E-state index contributed by atoms with van der Waals surface area (Å²) < 4.78 is 0. The molecule has 5 heteroatoms. The van der Waals surface area contributed by atoms with E-state index in [1.54, 1.807) is 0 Å². The first-order valence-corrected chi connectivity index (χ1v) is 7.72. The van der Waals surface area contributed by atoms with E-state index in [4.69, 9.17) is 0 Å². The quantitative estimate of drug-likeness (QED) is 0.825. The normalized spacial score (nSPS) is 20.1. The molecule has 0 bridgehead atoms. The van der Waals surface area contributed by atoms with E-state index in [2.05, 4.69) is 34.0 Å². The highest BCUT2D eigenvalue weighted by atomic mass is 32.2. The molecule has 18 heavy (non-hydrogen) atoms. The minimum absolute atomic E-state index is 0.687. The third-order valence-electron chi connectivity index (χ3n) is 2.99. The van der Waals surface area contributed by atoms with E-state index in [-0.39, 0.29) is 0 Å². The first kappa shape index (κ1) is 13.6. The predicted molar refractivity (Wildman–Crippen MR) is 78.2 cm³/mol. The number of hydrogen-bond acceptors (Lipinski definition) is 5. The fourth-order valence-electron chi connectivity index (χ4n) is 2.02. The van der Waals surface area contributed by atoms with Crippen LogP contribution in [-0.4, -0.2) is 40.6 Å².